The smallest absolute Gasteiger partial charge is 0.320 e. The molecule has 6 nitrogen and oxygen atoms in total. The van der Waals surface area contributed by atoms with Crippen molar-refractivity contribution in [3.63, 3.8) is 0 Å². The predicted octanol–water partition coefficient (Wildman–Crippen LogP) is 1.79. The first-order chi connectivity index (χ1) is 9.74. The molecule has 0 aromatic carbocycles. The molecule has 0 bridgehead atoms. The van der Waals surface area contributed by atoms with Crippen molar-refractivity contribution in [2.24, 2.45) is 0 Å². The maximum absolute atomic E-state index is 11.1. The van der Waals surface area contributed by atoms with E-state index in [4.69, 9.17) is 9.52 Å². The van der Waals surface area contributed by atoms with Crippen LogP contribution in [0.25, 0.3) is 11.6 Å². The van der Waals surface area contributed by atoms with E-state index >= 15 is 0 Å². The van der Waals surface area contributed by atoms with Crippen LogP contribution in [0.15, 0.2) is 35.2 Å². The van der Waals surface area contributed by atoms with Gasteiger partial charge in [0, 0.05) is 24.5 Å². The van der Waals surface area contributed by atoms with Gasteiger partial charge < -0.3 is 9.52 Å². The number of likely N-dealkylation sites (tertiary alicyclic amines) is 1. The number of hydrogen-bond donors (Lipinski definition) is 1. The third-order valence-corrected chi connectivity index (χ3v) is 3.48. The summed E-state index contributed by atoms with van der Waals surface area (Å²) < 4.78 is 5.23. The normalized spacial score (nSPS) is 19.3. The molecule has 3 heterocycles. The zero-order valence-electron chi connectivity index (χ0n) is 10.9. The van der Waals surface area contributed by atoms with Crippen molar-refractivity contribution in [1.82, 2.24) is 14.9 Å². The average Bonchev–Trinajstić information content (AvgIpc) is 3.10. The first-order valence-electron chi connectivity index (χ1n) is 6.55. The Morgan fingerprint density at radius 1 is 1.45 bits per heavy atom. The molecule has 0 spiro atoms. The molecular formula is C14H15N3O3. The second kappa shape index (κ2) is 5.42. The summed E-state index contributed by atoms with van der Waals surface area (Å²) in [4.78, 5) is 21.6. The topological polar surface area (TPSA) is 79.5 Å². The lowest BCUT2D eigenvalue weighted by Gasteiger charge is -2.20. The van der Waals surface area contributed by atoms with Crippen LogP contribution in [-0.2, 0) is 11.3 Å². The minimum absolute atomic E-state index is 0.389. The summed E-state index contributed by atoms with van der Waals surface area (Å²) in [6.45, 7) is 1.37. The van der Waals surface area contributed by atoms with Gasteiger partial charge in [-0.2, -0.15) is 0 Å². The number of hydrogen-bond acceptors (Lipinski definition) is 5. The summed E-state index contributed by atoms with van der Waals surface area (Å²) in [5, 5.41) is 9.15. The van der Waals surface area contributed by atoms with Gasteiger partial charge in [-0.25, -0.2) is 9.97 Å². The van der Waals surface area contributed by atoms with Crippen LogP contribution in [0.4, 0.5) is 0 Å². The number of aliphatic carboxylic acids is 1. The summed E-state index contributed by atoms with van der Waals surface area (Å²) in [5.41, 5.74) is 0.911. The predicted molar refractivity (Wildman–Crippen MR) is 70.8 cm³/mol. The maximum Gasteiger partial charge on any atom is 0.320 e. The van der Waals surface area contributed by atoms with E-state index in [0.29, 0.717) is 24.6 Å². The van der Waals surface area contributed by atoms with Crippen molar-refractivity contribution >= 4 is 5.97 Å². The van der Waals surface area contributed by atoms with Crippen LogP contribution in [0.3, 0.4) is 0 Å². The van der Waals surface area contributed by atoms with Gasteiger partial charge in [0.2, 0.25) is 0 Å². The summed E-state index contributed by atoms with van der Waals surface area (Å²) >= 11 is 0. The summed E-state index contributed by atoms with van der Waals surface area (Å²) in [6, 6.07) is 3.20. The average molecular weight is 273 g/mol. The van der Waals surface area contributed by atoms with E-state index in [2.05, 4.69) is 9.97 Å². The Labute approximate surface area is 116 Å². The van der Waals surface area contributed by atoms with Gasteiger partial charge in [-0.05, 0) is 31.5 Å². The van der Waals surface area contributed by atoms with Crippen molar-refractivity contribution in [3.8, 4) is 11.6 Å². The van der Waals surface area contributed by atoms with Crippen LogP contribution < -0.4 is 0 Å². The van der Waals surface area contributed by atoms with Gasteiger partial charge in [-0.3, -0.25) is 9.69 Å². The highest BCUT2D eigenvalue weighted by Crippen LogP contribution is 2.20. The van der Waals surface area contributed by atoms with E-state index in [1.54, 1.807) is 30.8 Å². The van der Waals surface area contributed by atoms with Crippen LogP contribution in [0, 0.1) is 0 Å². The van der Waals surface area contributed by atoms with Crippen LogP contribution in [0.5, 0.6) is 0 Å². The van der Waals surface area contributed by atoms with Crippen LogP contribution in [0.2, 0.25) is 0 Å². The second-order valence-corrected chi connectivity index (χ2v) is 4.86. The largest absolute Gasteiger partial charge is 0.480 e. The lowest BCUT2D eigenvalue weighted by molar-refractivity contribution is -0.142. The molecule has 20 heavy (non-hydrogen) atoms. The van der Waals surface area contributed by atoms with Gasteiger partial charge in [0.05, 0.1) is 6.26 Å². The summed E-state index contributed by atoms with van der Waals surface area (Å²) in [7, 11) is 0. The molecular weight excluding hydrogens is 258 g/mol. The lowest BCUT2D eigenvalue weighted by Crippen LogP contribution is -2.35. The van der Waals surface area contributed by atoms with E-state index in [1.807, 2.05) is 4.90 Å². The van der Waals surface area contributed by atoms with Gasteiger partial charge in [-0.15, -0.1) is 0 Å². The first kappa shape index (κ1) is 12.8. The fourth-order valence-corrected chi connectivity index (χ4v) is 2.50. The van der Waals surface area contributed by atoms with E-state index in [0.717, 1.165) is 18.5 Å². The molecule has 0 saturated carbocycles. The number of rotatable bonds is 4. The highest BCUT2D eigenvalue weighted by molar-refractivity contribution is 5.73. The van der Waals surface area contributed by atoms with E-state index in [9.17, 15) is 4.79 Å². The highest BCUT2D eigenvalue weighted by atomic mass is 16.4. The molecule has 3 rings (SSSR count). The molecule has 2 aromatic heterocycles. The first-order valence-corrected chi connectivity index (χ1v) is 6.55. The third-order valence-electron chi connectivity index (χ3n) is 3.48. The quantitative estimate of drug-likeness (QED) is 0.914. The Bertz CT molecular complexity index is 580. The molecule has 0 aliphatic carbocycles. The van der Waals surface area contributed by atoms with Gasteiger partial charge in [0.15, 0.2) is 11.6 Å². The Balaban J connectivity index is 1.71. The standard InChI is InChI=1S/C14H15N3O3/c18-14(19)11-3-1-5-17(11)9-10-7-15-13(16-8-10)12-4-2-6-20-12/h2,4,6-8,11H,1,3,5,9H2,(H,18,19)/t11-/m1/s1. The van der Waals surface area contributed by atoms with E-state index < -0.39 is 5.97 Å². The van der Waals surface area contributed by atoms with Gasteiger partial charge in [0.1, 0.15) is 6.04 Å². The van der Waals surface area contributed by atoms with Crippen molar-refractivity contribution in [1.29, 1.82) is 0 Å². The third kappa shape index (κ3) is 2.55. The molecule has 1 N–H and O–H groups in total. The molecule has 1 fully saturated rings. The van der Waals surface area contributed by atoms with Gasteiger partial charge >= 0.3 is 5.97 Å². The van der Waals surface area contributed by atoms with Crippen molar-refractivity contribution in [2.75, 3.05) is 6.54 Å². The van der Waals surface area contributed by atoms with Crippen LogP contribution in [-0.4, -0.2) is 38.5 Å². The molecule has 0 unspecified atom stereocenters. The molecule has 1 atom stereocenters. The lowest BCUT2D eigenvalue weighted by atomic mass is 10.2. The number of carbonyl (C=O) groups is 1. The number of carboxylic acids is 1. The summed E-state index contributed by atoms with van der Waals surface area (Å²) in [6.07, 6.45) is 6.65. The molecule has 1 aliphatic rings. The highest BCUT2D eigenvalue weighted by Gasteiger charge is 2.30. The number of aromatic nitrogens is 2. The minimum Gasteiger partial charge on any atom is -0.480 e. The Hall–Kier alpha value is -2.21. The Kier molecular flexibility index (Phi) is 3.47. The van der Waals surface area contributed by atoms with Gasteiger partial charge in [0.25, 0.3) is 0 Å². The van der Waals surface area contributed by atoms with Crippen molar-refractivity contribution in [3.05, 3.63) is 36.4 Å². The maximum atomic E-state index is 11.1. The number of carboxylic acid groups (broad SMARTS) is 1. The molecule has 0 radical (unpaired) electrons. The van der Waals surface area contributed by atoms with Crippen molar-refractivity contribution < 1.29 is 14.3 Å². The zero-order valence-corrected chi connectivity index (χ0v) is 10.9. The fourth-order valence-electron chi connectivity index (χ4n) is 2.50. The number of nitrogens with zero attached hydrogens (tertiary/aromatic N) is 3. The summed E-state index contributed by atoms with van der Waals surface area (Å²) in [5.74, 6) is 0.409. The zero-order chi connectivity index (χ0) is 13.9. The molecule has 1 saturated heterocycles. The van der Waals surface area contributed by atoms with E-state index in [1.165, 1.54) is 0 Å². The molecule has 1 aliphatic heterocycles. The second-order valence-electron chi connectivity index (χ2n) is 4.86. The Morgan fingerprint density at radius 2 is 2.25 bits per heavy atom. The van der Waals surface area contributed by atoms with Crippen molar-refractivity contribution in [2.45, 2.75) is 25.4 Å². The Morgan fingerprint density at radius 3 is 2.90 bits per heavy atom. The van der Waals surface area contributed by atoms with Crippen LogP contribution >= 0.6 is 0 Å². The fraction of sp³-hybridized carbons (Fsp3) is 0.357. The van der Waals surface area contributed by atoms with Gasteiger partial charge in [-0.1, -0.05) is 0 Å². The molecule has 2 aromatic rings. The molecule has 0 amide bonds. The molecule has 6 heteroatoms. The number of furan rings is 1. The molecule has 104 valence electrons. The SMILES string of the molecule is O=C(O)[C@H]1CCCN1Cc1cnc(-c2ccco2)nc1. The van der Waals surface area contributed by atoms with E-state index in [-0.39, 0.29) is 6.04 Å². The van der Waals surface area contributed by atoms with Crippen LogP contribution in [0.1, 0.15) is 18.4 Å². The monoisotopic (exact) mass is 273 g/mol. The minimum atomic E-state index is -0.754.